The van der Waals surface area contributed by atoms with Gasteiger partial charge in [-0.15, -0.1) is 16.4 Å². The Hall–Kier alpha value is -2.10. The molecule has 1 N–H and O–H groups in total. The van der Waals surface area contributed by atoms with Crippen LogP contribution in [0.3, 0.4) is 0 Å². The van der Waals surface area contributed by atoms with Crippen molar-refractivity contribution in [3.8, 4) is 11.5 Å². The smallest absolute Gasteiger partial charge is 0.208 e. The molecule has 1 aromatic carbocycles. The first-order valence-electron chi connectivity index (χ1n) is 7.75. The summed E-state index contributed by atoms with van der Waals surface area (Å²) in [6.45, 7) is 2.79. The van der Waals surface area contributed by atoms with Gasteiger partial charge in [-0.25, -0.2) is 27.8 Å². The molecule has 7 nitrogen and oxygen atoms in total. The molecule has 0 unspecified atom stereocenters. The van der Waals surface area contributed by atoms with Crippen molar-refractivity contribution >= 4 is 21.4 Å². The summed E-state index contributed by atoms with van der Waals surface area (Å²) < 4.78 is 26.8. The fourth-order valence-electron chi connectivity index (χ4n) is 2.37. The molecule has 3 rings (SSSR count). The standard InChI is InChI=1S/C16H19N5O2S2/c1-12-18-14(11-24-12)16-19-15(8-9-17-25(2,22)23)21(20-16)10-13-6-4-3-5-7-13/h3-7,11,17H,8-10H2,1-2H3. The Morgan fingerprint density at radius 2 is 1.96 bits per heavy atom. The van der Waals surface area contributed by atoms with Gasteiger partial charge in [0.15, 0.2) is 0 Å². The average Bonchev–Trinajstić information content (AvgIpc) is 3.14. The van der Waals surface area contributed by atoms with E-state index < -0.39 is 10.0 Å². The van der Waals surface area contributed by atoms with Crippen LogP contribution in [-0.4, -0.2) is 41.0 Å². The van der Waals surface area contributed by atoms with E-state index in [0.717, 1.165) is 28.3 Å². The molecule has 0 fully saturated rings. The van der Waals surface area contributed by atoms with Crippen LogP contribution < -0.4 is 4.72 Å². The number of hydrogen-bond donors (Lipinski definition) is 1. The van der Waals surface area contributed by atoms with E-state index in [4.69, 9.17) is 0 Å². The molecule has 0 aliphatic carbocycles. The number of thiazole rings is 1. The zero-order chi connectivity index (χ0) is 17.9. The lowest BCUT2D eigenvalue weighted by Crippen LogP contribution is -2.25. The lowest BCUT2D eigenvalue weighted by atomic mass is 10.2. The second kappa shape index (κ2) is 7.42. The van der Waals surface area contributed by atoms with E-state index >= 15 is 0 Å². The molecule has 0 bridgehead atoms. The minimum Gasteiger partial charge on any atom is -0.245 e. The molecule has 0 saturated carbocycles. The fraction of sp³-hybridized carbons (Fsp3) is 0.312. The summed E-state index contributed by atoms with van der Waals surface area (Å²) in [6.07, 6.45) is 1.60. The van der Waals surface area contributed by atoms with E-state index in [1.54, 1.807) is 11.3 Å². The van der Waals surface area contributed by atoms with Crippen molar-refractivity contribution in [3.05, 3.63) is 52.1 Å². The summed E-state index contributed by atoms with van der Waals surface area (Å²) in [4.78, 5) is 9.00. The summed E-state index contributed by atoms with van der Waals surface area (Å²) in [5.41, 5.74) is 1.84. The van der Waals surface area contributed by atoms with Crippen LogP contribution in [0, 0.1) is 6.92 Å². The Kier molecular flexibility index (Phi) is 5.26. The Morgan fingerprint density at radius 3 is 2.60 bits per heavy atom. The maximum absolute atomic E-state index is 11.3. The summed E-state index contributed by atoms with van der Waals surface area (Å²) >= 11 is 1.55. The minimum absolute atomic E-state index is 0.280. The number of sulfonamides is 1. The van der Waals surface area contributed by atoms with Crippen LogP contribution in [0.2, 0.25) is 0 Å². The van der Waals surface area contributed by atoms with Crippen LogP contribution in [0.1, 0.15) is 16.4 Å². The molecule has 25 heavy (non-hydrogen) atoms. The van der Waals surface area contributed by atoms with E-state index in [1.807, 2.05) is 47.3 Å². The van der Waals surface area contributed by atoms with E-state index in [2.05, 4.69) is 19.8 Å². The largest absolute Gasteiger partial charge is 0.245 e. The zero-order valence-electron chi connectivity index (χ0n) is 14.0. The molecule has 0 aliphatic heterocycles. The average molecular weight is 377 g/mol. The van der Waals surface area contributed by atoms with Crippen LogP contribution in [0.25, 0.3) is 11.5 Å². The highest BCUT2D eigenvalue weighted by Gasteiger charge is 2.14. The number of rotatable bonds is 7. The van der Waals surface area contributed by atoms with Gasteiger partial charge in [-0.05, 0) is 12.5 Å². The number of benzene rings is 1. The van der Waals surface area contributed by atoms with Gasteiger partial charge in [0.2, 0.25) is 15.8 Å². The Morgan fingerprint density at radius 1 is 1.20 bits per heavy atom. The van der Waals surface area contributed by atoms with Gasteiger partial charge in [0, 0.05) is 18.3 Å². The lowest BCUT2D eigenvalue weighted by molar-refractivity contribution is 0.582. The molecule has 0 radical (unpaired) electrons. The van der Waals surface area contributed by atoms with E-state index in [9.17, 15) is 8.42 Å². The maximum atomic E-state index is 11.3. The number of nitrogens with zero attached hydrogens (tertiary/aromatic N) is 4. The molecule has 9 heteroatoms. The first kappa shape index (κ1) is 17.7. The molecule has 0 spiro atoms. The van der Waals surface area contributed by atoms with Gasteiger partial charge in [0.05, 0.1) is 17.8 Å². The summed E-state index contributed by atoms with van der Waals surface area (Å²) in [6, 6.07) is 9.95. The van der Waals surface area contributed by atoms with Crippen molar-refractivity contribution in [2.45, 2.75) is 19.9 Å². The van der Waals surface area contributed by atoms with Gasteiger partial charge in [-0.1, -0.05) is 30.3 Å². The zero-order valence-corrected chi connectivity index (χ0v) is 15.6. The Bertz CT molecular complexity index is 948. The molecule has 0 atom stereocenters. The maximum Gasteiger partial charge on any atom is 0.208 e. The SMILES string of the molecule is Cc1nc(-c2nc(CCNS(C)(=O)=O)n(Cc3ccccc3)n2)cs1. The first-order chi connectivity index (χ1) is 11.9. The second-order valence-electron chi connectivity index (χ2n) is 5.66. The second-order valence-corrected chi connectivity index (χ2v) is 8.56. The van der Waals surface area contributed by atoms with Crippen LogP contribution in [-0.2, 0) is 23.0 Å². The predicted octanol–water partition coefficient (Wildman–Crippen LogP) is 1.85. The molecule has 2 heterocycles. The third-order valence-electron chi connectivity index (χ3n) is 3.48. The third kappa shape index (κ3) is 4.94. The summed E-state index contributed by atoms with van der Waals surface area (Å²) in [7, 11) is -3.23. The van der Waals surface area contributed by atoms with Crippen LogP contribution in [0.4, 0.5) is 0 Å². The lowest BCUT2D eigenvalue weighted by Gasteiger charge is -2.06. The molecule has 132 valence electrons. The van der Waals surface area contributed by atoms with E-state index in [0.29, 0.717) is 18.8 Å². The summed E-state index contributed by atoms with van der Waals surface area (Å²) in [5.74, 6) is 1.29. The normalized spacial score (nSPS) is 11.8. The predicted molar refractivity (Wildman–Crippen MR) is 98.0 cm³/mol. The monoisotopic (exact) mass is 377 g/mol. The van der Waals surface area contributed by atoms with Crippen LogP contribution in [0.5, 0.6) is 0 Å². The molecule has 0 amide bonds. The van der Waals surface area contributed by atoms with Crippen molar-refractivity contribution in [1.82, 2.24) is 24.5 Å². The molecule has 0 saturated heterocycles. The highest BCUT2D eigenvalue weighted by molar-refractivity contribution is 7.88. The highest BCUT2D eigenvalue weighted by Crippen LogP contribution is 2.19. The van der Waals surface area contributed by atoms with Gasteiger partial charge >= 0.3 is 0 Å². The number of aryl methyl sites for hydroxylation is 1. The number of nitrogens with one attached hydrogen (secondary N) is 1. The van der Waals surface area contributed by atoms with Crippen molar-refractivity contribution in [2.75, 3.05) is 12.8 Å². The van der Waals surface area contributed by atoms with Crippen molar-refractivity contribution in [1.29, 1.82) is 0 Å². The van der Waals surface area contributed by atoms with E-state index in [1.165, 1.54) is 0 Å². The summed E-state index contributed by atoms with van der Waals surface area (Å²) in [5, 5.41) is 7.46. The number of aromatic nitrogens is 4. The Balaban J connectivity index is 1.86. The number of hydrogen-bond acceptors (Lipinski definition) is 6. The third-order valence-corrected chi connectivity index (χ3v) is 4.99. The Labute approximate surface area is 150 Å². The van der Waals surface area contributed by atoms with E-state index in [-0.39, 0.29) is 6.54 Å². The van der Waals surface area contributed by atoms with Crippen LogP contribution >= 0.6 is 11.3 Å². The molecule has 2 aromatic heterocycles. The van der Waals surface area contributed by atoms with Gasteiger partial charge < -0.3 is 0 Å². The van der Waals surface area contributed by atoms with Gasteiger partial charge in [-0.2, -0.15) is 0 Å². The van der Waals surface area contributed by atoms with Crippen LogP contribution in [0.15, 0.2) is 35.7 Å². The van der Waals surface area contributed by atoms with Crippen molar-refractivity contribution < 1.29 is 8.42 Å². The molecule has 0 aliphatic rings. The minimum atomic E-state index is -3.23. The van der Waals surface area contributed by atoms with Crippen molar-refractivity contribution in [2.24, 2.45) is 0 Å². The highest BCUT2D eigenvalue weighted by atomic mass is 32.2. The van der Waals surface area contributed by atoms with Crippen molar-refractivity contribution in [3.63, 3.8) is 0 Å². The van der Waals surface area contributed by atoms with Gasteiger partial charge in [0.1, 0.15) is 11.5 Å². The fourth-order valence-corrected chi connectivity index (χ4v) is 3.43. The molecule has 3 aromatic rings. The molecular weight excluding hydrogens is 358 g/mol. The van der Waals surface area contributed by atoms with Gasteiger partial charge in [0.25, 0.3) is 0 Å². The topological polar surface area (TPSA) is 89.8 Å². The molecular formula is C16H19N5O2S2. The first-order valence-corrected chi connectivity index (χ1v) is 10.5. The quantitative estimate of drug-likeness (QED) is 0.679. The van der Waals surface area contributed by atoms with Gasteiger partial charge in [-0.3, -0.25) is 0 Å².